The Morgan fingerprint density at radius 1 is 1.14 bits per heavy atom. The van der Waals surface area contributed by atoms with Crippen molar-refractivity contribution >= 4 is 16.7 Å². The van der Waals surface area contributed by atoms with Crippen LogP contribution in [0.1, 0.15) is 18.2 Å². The van der Waals surface area contributed by atoms with Gasteiger partial charge in [-0.2, -0.15) is 5.10 Å². The van der Waals surface area contributed by atoms with Gasteiger partial charge in [-0.15, -0.1) is 0 Å². The summed E-state index contributed by atoms with van der Waals surface area (Å²) in [7, 11) is 0. The number of benzene rings is 2. The molecule has 0 aliphatic carbocycles. The number of aryl methyl sites for hydroxylation is 1. The van der Waals surface area contributed by atoms with Crippen LogP contribution in [0.3, 0.4) is 0 Å². The highest BCUT2D eigenvalue weighted by Crippen LogP contribution is 2.15. The fourth-order valence-corrected chi connectivity index (χ4v) is 3.16. The molecule has 3 aromatic rings. The summed E-state index contributed by atoms with van der Waals surface area (Å²) in [5.74, 6) is -0.335. The highest BCUT2D eigenvalue weighted by molar-refractivity contribution is 5.83. The summed E-state index contributed by atoms with van der Waals surface area (Å²) >= 11 is 0. The molecule has 0 saturated carbocycles. The van der Waals surface area contributed by atoms with E-state index in [2.05, 4.69) is 5.10 Å². The maximum absolute atomic E-state index is 12.6. The first-order chi connectivity index (χ1) is 14.0. The van der Waals surface area contributed by atoms with Gasteiger partial charge in [0, 0.05) is 18.4 Å². The van der Waals surface area contributed by atoms with Gasteiger partial charge < -0.3 is 14.6 Å². The Labute approximate surface area is 168 Å². The number of carboxylic acids is 1. The normalized spacial score (nSPS) is 12.1. The zero-order valence-electron chi connectivity index (χ0n) is 16.5. The van der Waals surface area contributed by atoms with Crippen LogP contribution in [-0.2, 0) is 22.5 Å². The van der Waals surface area contributed by atoms with Gasteiger partial charge in [0.2, 0.25) is 0 Å². The molecule has 0 aliphatic rings. The van der Waals surface area contributed by atoms with Gasteiger partial charge in [-0.1, -0.05) is 30.3 Å². The van der Waals surface area contributed by atoms with E-state index in [9.17, 15) is 9.59 Å². The smallest absolute Gasteiger partial charge is 0.333 e. The van der Waals surface area contributed by atoms with E-state index in [0.717, 1.165) is 16.6 Å². The second-order valence-corrected chi connectivity index (χ2v) is 6.64. The molecule has 3 rings (SSSR count). The van der Waals surface area contributed by atoms with Crippen molar-refractivity contribution in [2.45, 2.75) is 32.9 Å². The number of fused-ring (bicyclic) bond motifs is 1. The standard InChI is InChI=1S/C22H24N2O5/c1-3-28-20(22(26)27)14-16-8-10-17(11-9-16)29-13-12-24-21(25)19-7-5-4-6-18(19)15(2)23-24/h4-11,20H,3,12-14H2,1-2H3,(H,26,27). The van der Waals surface area contributed by atoms with Crippen molar-refractivity contribution in [3.05, 3.63) is 70.1 Å². The Bertz CT molecular complexity index is 1040. The molecule has 1 aromatic heterocycles. The first-order valence-corrected chi connectivity index (χ1v) is 9.52. The Balaban J connectivity index is 1.61. The van der Waals surface area contributed by atoms with Crippen LogP contribution >= 0.6 is 0 Å². The maximum atomic E-state index is 12.6. The predicted molar refractivity (Wildman–Crippen MR) is 109 cm³/mol. The molecule has 1 atom stereocenters. The van der Waals surface area contributed by atoms with Crippen molar-refractivity contribution in [1.29, 1.82) is 0 Å². The van der Waals surface area contributed by atoms with E-state index in [-0.39, 0.29) is 5.56 Å². The number of ether oxygens (including phenoxy) is 2. The number of carboxylic acid groups (broad SMARTS) is 1. The Hall–Kier alpha value is -3.19. The minimum absolute atomic E-state index is 0.138. The van der Waals surface area contributed by atoms with Gasteiger partial charge in [0.15, 0.2) is 6.10 Å². The summed E-state index contributed by atoms with van der Waals surface area (Å²) in [5, 5.41) is 15.0. The van der Waals surface area contributed by atoms with Crippen LogP contribution in [-0.4, -0.2) is 40.2 Å². The van der Waals surface area contributed by atoms with Gasteiger partial charge in [0.05, 0.1) is 17.6 Å². The van der Waals surface area contributed by atoms with Gasteiger partial charge in [-0.05, 0) is 37.6 Å². The van der Waals surface area contributed by atoms with Crippen molar-refractivity contribution in [2.24, 2.45) is 0 Å². The summed E-state index contributed by atoms with van der Waals surface area (Å²) in [6.07, 6.45) is -0.570. The van der Waals surface area contributed by atoms with E-state index in [4.69, 9.17) is 14.6 Å². The monoisotopic (exact) mass is 396 g/mol. The highest BCUT2D eigenvalue weighted by Gasteiger charge is 2.17. The highest BCUT2D eigenvalue weighted by atomic mass is 16.5. The van der Waals surface area contributed by atoms with Crippen LogP contribution in [0.2, 0.25) is 0 Å². The predicted octanol–water partition coefficient (Wildman–Crippen LogP) is 2.82. The largest absolute Gasteiger partial charge is 0.492 e. The minimum atomic E-state index is -0.976. The van der Waals surface area contributed by atoms with Crippen molar-refractivity contribution < 1.29 is 19.4 Å². The molecule has 1 heterocycles. The Kier molecular flexibility index (Phi) is 6.61. The molecule has 1 unspecified atom stereocenters. The summed E-state index contributed by atoms with van der Waals surface area (Å²) in [6, 6.07) is 14.6. The third-order valence-corrected chi connectivity index (χ3v) is 4.61. The van der Waals surface area contributed by atoms with Crippen LogP contribution in [0.4, 0.5) is 0 Å². The van der Waals surface area contributed by atoms with Gasteiger partial charge in [0.25, 0.3) is 5.56 Å². The number of hydrogen-bond donors (Lipinski definition) is 1. The average Bonchev–Trinajstić information content (AvgIpc) is 2.72. The van der Waals surface area contributed by atoms with E-state index in [1.54, 1.807) is 25.1 Å². The number of carbonyl (C=O) groups is 1. The van der Waals surface area contributed by atoms with Crippen LogP contribution in [0, 0.1) is 6.92 Å². The number of aliphatic carboxylic acids is 1. The molecule has 152 valence electrons. The summed E-state index contributed by atoms with van der Waals surface area (Å²) < 4.78 is 12.4. The van der Waals surface area contributed by atoms with Gasteiger partial charge in [-0.25, -0.2) is 9.48 Å². The second kappa shape index (κ2) is 9.34. The van der Waals surface area contributed by atoms with Crippen LogP contribution in [0.15, 0.2) is 53.3 Å². The molecule has 7 heteroatoms. The fourth-order valence-electron chi connectivity index (χ4n) is 3.16. The summed E-state index contributed by atoms with van der Waals surface area (Å²) in [5.41, 5.74) is 1.51. The second-order valence-electron chi connectivity index (χ2n) is 6.64. The average molecular weight is 396 g/mol. The molecule has 0 spiro atoms. The van der Waals surface area contributed by atoms with Gasteiger partial charge >= 0.3 is 5.97 Å². The zero-order chi connectivity index (χ0) is 20.8. The molecule has 0 saturated heterocycles. The topological polar surface area (TPSA) is 90.7 Å². The molecule has 0 fully saturated rings. The molecule has 0 aliphatic heterocycles. The summed E-state index contributed by atoms with van der Waals surface area (Å²) in [4.78, 5) is 23.8. The van der Waals surface area contributed by atoms with E-state index >= 15 is 0 Å². The SMILES string of the molecule is CCOC(Cc1ccc(OCCn2nc(C)c3ccccc3c2=O)cc1)C(=O)O. The molecular weight excluding hydrogens is 372 g/mol. The number of rotatable bonds is 9. The molecule has 1 N–H and O–H groups in total. The fraction of sp³-hybridized carbons (Fsp3) is 0.318. The first kappa shape index (κ1) is 20.5. The lowest BCUT2D eigenvalue weighted by Gasteiger charge is -2.13. The van der Waals surface area contributed by atoms with Crippen LogP contribution in [0.25, 0.3) is 10.8 Å². The number of hydrogen-bond acceptors (Lipinski definition) is 5. The number of nitrogens with zero attached hydrogens (tertiary/aromatic N) is 2. The van der Waals surface area contributed by atoms with Crippen molar-refractivity contribution in [2.75, 3.05) is 13.2 Å². The molecule has 7 nitrogen and oxygen atoms in total. The summed E-state index contributed by atoms with van der Waals surface area (Å²) in [6.45, 7) is 4.62. The molecule has 0 radical (unpaired) electrons. The van der Waals surface area contributed by atoms with E-state index in [1.165, 1.54) is 4.68 Å². The van der Waals surface area contributed by atoms with Gasteiger partial charge in [-0.3, -0.25) is 4.79 Å². The lowest BCUT2D eigenvalue weighted by Crippen LogP contribution is -2.26. The Morgan fingerprint density at radius 2 is 1.83 bits per heavy atom. The quantitative estimate of drug-likeness (QED) is 0.598. The third kappa shape index (κ3) is 5.00. The zero-order valence-corrected chi connectivity index (χ0v) is 16.5. The molecule has 29 heavy (non-hydrogen) atoms. The lowest BCUT2D eigenvalue weighted by molar-refractivity contribution is -0.149. The first-order valence-electron chi connectivity index (χ1n) is 9.52. The molecule has 2 aromatic carbocycles. The third-order valence-electron chi connectivity index (χ3n) is 4.61. The number of aromatic nitrogens is 2. The van der Waals surface area contributed by atoms with Gasteiger partial charge in [0.1, 0.15) is 12.4 Å². The Morgan fingerprint density at radius 3 is 2.48 bits per heavy atom. The van der Waals surface area contributed by atoms with Crippen molar-refractivity contribution in [3.63, 3.8) is 0 Å². The lowest BCUT2D eigenvalue weighted by atomic mass is 10.1. The van der Waals surface area contributed by atoms with Crippen LogP contribution in [0.5, 0.6) is 5.75 Å². The molecular formula is C22H24N2O5. The van der Waals surface area contributed by atoms with E-state index < -0.39 is 12.1 Å². The minimum Gasteiger partial charge on any atom is -0.492 e. The van der Waals surface area contributed by atoms with Crippen molar-refractivity contribution in [1.82, 2.24) is 9.78 Å². The maximum Gasteiger partial charge on any atom is 0.333 e. The van der Waals surface area contributed by atoms with Crippen molar-refractivity contribution in [3.8, 4) is 5.75 Å². The molecule has 0 amide bonds. The van der Waals surface area contributed by atoms with E-state index in [0.29, 0.717) is 37.3 Å². The molecule has 0 bridgehead atoms. The van der Waals surface area contributed by atoms with E-state index in [1.807, 2.05) is 37.3 Å². The van der Waals surface area contributed by atoms with Crippen LogP contribution < -0.4 is 10.3 Å².